The molecule has 0 bridgehead atoms. The highest BCUT2D eigenvalue weighted by Crippen LogP contribution is 2.35. The Balaban J connectivity index is 1.63. The van der Waals surface area contributed by atoms with Crippen molar-refractivity contribution in [3.63, 3.8) is 0 Å². The van der Waals surface area contributed by atoms with E-state index in [1.807, 2.05) is 12.1 Å². The van der Waals surface area contributed by atoms with Gasteiger partial charge in [0.15, 0.2) is 0 Å². The summed E-state index contributed by atoms with van der Waals surface area (Å²) in [6, 6.07) is 15.0. The molecule has 1 aromatic heterocycles. The van der Waals surface area contributed by atoms with Gasteiger partial charge >= 0.3 is 0 Å². The van der Waals surface area contributed by atoms with Gasteiger partial charge in [0, 0.05) is 32.2 Å². The summed E-state index contributed by atoms with van der Waals surface area (Å²) < 4.78 is 0. The van der Waals surface area contributed by atoms with Crippen molar-refractivity contribution in [3.05, 3.63) is 59.3 Å². The number of hydrogen-bond acceptors (Lipinski definition) is 4. The molecule has 0 spiro atoms. The molecular weight excluding hydrogens is 360 g/mol. The Morgan fingerprint density at radius 3 is 2.66 bits per heavy atom. The predicted octanol–water partition coefficient (Wildman–Crippen LogP) is 3.70. The summed E-state index contributed by atoms with van der Waals surface area (Å²) in [6.45, 7) is 9.61. The first kappa shape index (κ1) is 19.9. The molecule has 1 aromatic carbocycles. The fourth-order valence-electron chi connectivity index (χ4n) is 4.02. The second-order valence-corrected chi connectivity index (χ2v) is 9.19. The van der Waals surface area contributed by atoms with E-state index in [1.165, 1.54) is 5.56 Å². The minimum atomic E-state index is -0.652. The van der Waals surface area contributed by atoms with E-state index < -0.39 is 5.41 Å². The molecule has 1 unspecified atom stereocenters. The van der Waals surface area contributed by atoms with Crippen molar-refractivity contribution in [1.29, 1.82) is 0 Å². The maximum absolute atomic E-state index is 13.3. The summed E-state index contributed by atoms with van der Waals surface area (Å²) in [5, 5.41) is 6.65. The lowest BCUT2D eigenvalue weighted by Gasteiger charge is -2.40. The topological polar surface area (TPSA) is 57.3 Å². The molecule has 0 saturated heterocycles. The van der Waals surface area contributed by atoms with Crippen LogP contribution in [0.4, 0.5) is 5.82 Å². The van der Waals surface area contributed by atoms with Crippen LogP contribution in [0.1, 0.15) is 50.4 Å². The number of amides is 1. The Morgan fingerprint density at radius 1 is 1.21 bits per heavy atom. The van der Waals surface area contributed by atoms with Crippen molar-refractivity contribution >= 4 is 11.7 Å². The average Bonchev–Trinajstić information content (AvgIpc) is 3.51. The Hall–Kier alpha value is -2.40. The molecule has 1 saturated carbocycles. The molecule has 1 atom stereocenters. The van der Waals surface area contributed by atoms with Crippen LogP contribution in [0.2, 0.25) is 0 Å². The number of carbonyl (C=O) groups is 1. The number of fused-ring (bicyclic) bond motifs is 1. The monoisotopic (exact) mass is 392 g/mol. The summed E-state index contributed by atoms with van der Waals surface area (Å²) in [7, 11) is 0. The van der Waals surface area contributed by atoms with Crippen molar-refractivity contribution in [1.82, 2.24) is 15.2 Å². The van der Waals surface area contributed by atoms with Gasteiger partial charge in [0.25, 0.3) is 0 Å². The van der Waals surface area contributed by atoms with Crippen molar-refractivity contribution in [2.45, 2.75) is 58.2 Å². The lowest BCUT2D eigenvalue weighted by atomic mass is 9.79. The van der Waals surface area contributed by atoms with E-state index in [2.05, 4.69) is 66.6 Å². The van der Waals surface area contributed by atoms with Gasteiger partial charge in [0.05, 0.1) is 5.69 Å². The Labute approximate surface area is 173 Å². The average molecular weight is 393 g/mol. The van der Waals surface area contributed by atoms with Gasteiger partial charge in [-0.3, -0.25) is 9.69 Å². The Morgan fingerprint density at radius 2 is 1.97 bits per heavy atom. The van der Waals surface area contributed by atoms with Crippen molar-refractivity contribution in [3.8, 4) is 0 Å². The first-order valence-electron chi connectivity index (χ1n) is 10.8. The van der Waals surface area contributed by atoms with Crippen molar-refractivity contribution < 1.29 is 4.79 Å². The molecule has 0 radical (unpaired) electrons. The minimum Gasteiger partial charge on any atom is -0.370 e. The van der Waals surface area contributed by atoms with Crippen LogP contribution in [0.3, 0.4) is 0 Å². The zero-order valence-electron chi connectivity index (χ0n) is 17.7. The fourth-order valence-corrected chi connectivity index (χ4v) is 4.02. The highest BCUT2D eigenvalue weighted by atomic mass is 16.2. The summed E-state index contributed by atoms with van der Waals surface area (Å²) in [4.78, 5) is 20.6. The van der Waals surface area contributed by atoms with Crippen LogP contribution in [-0.2, 0) is 23.3 Å². The van der Waals surface area contributed by atoms with Gasteiger partial charge in [-0.05, 0) is 42.9 Å². The highest BCUT2D eigenvalue weighted by molar-refractivity contribution is 5.89. The van der Waals surface area contributed by atoms with Gasteiger partial charge in [-0.1, -0.05) is 50.2 Å². The van der Waals surface area contributed by atoms with Crippen LogP contribution in [0, 0.1) is 5.92 Å². The summed E-state index contributed by atoms with van der Waals surface area (Å²) in [6.07, 6.45) is 2.18. The van der Waals surface area contributed by atoms with E-state index >= 15 is 0 Å². The van der Waals surface area contributed by atoms with E-state index in [1.54, 1.807) is 0 Å². The van der Waals surface area contributed by atoms with Crippen LogP contribution in [-0.4, -0.2) is 34.9 Å². The van der Waals surface area contributed by atoms with Crippen LogP contribution in [0.25, 0.3) is 0 Å². The number of nitrogens with zero attached hydrogens (tertiary/aromatic N) is 2. The summed E-state index contributed by atoms with van der Waals surface area (Å²) >= 11 is 0. The second kappa shape index (κ2) is 8.15. The van der Waals surface area contributed by atoms with Crippen LogP contribution < -0.4 is 10.6 Å². The zero-order chi connectivity index (χ0) is 20.4. The first-order valence-corrected chi connectivity index (χ1v) is 10.8. The number of carbonyl (C=O) groups excluding carboxylic acids is 1. The van der Waals surface area contributed by atoms with Crippen molar-refractivity contribution in [2.24, 2.45) is 5.92 Å². The standard InChI is InChI=1S/C24H32N4O/c1-17(2)13-25-21-12-9-19-15-28(14-18-7-5-4-6-8-18)16-24(3,22(19)27-21)23(29)26-20-10-11-20/h4-9,12,17,20H,10-11,13-16H2,1-3H3,(H,25,27)(H,26,29). The van der Waals surface area contributed by atoms with E-state index in [-0.39, 0.29) is 5.91 Å². The lowest BCUT2D eigenvalue weighted by Crippen LogP contribution is -2.53. The smallest absolute Gasteiger partial charge is 0.233 e. The maximum atomic E-state index is 13.3. The van der Waals surface area contributed by atoms with E-state index in [4.69, 9.17) is 4.98 Å². The molecule has 2 heterocycles. The number of rotatable bonds is 7. The molecule has 2 aliphatic rings. The Bertz CT molecular complexity index is 862. The number of nitrogens with one attached hydrogen (secondary N) is 2. The molecule has 4 rings (SSSR count). The Kier molecular flexibility index (Phi) is 5.59. The number of hydrogen-bond donors (Lipinski definition) is 2. The van der Waals surface area contributed by atoms with Gasteiger partial charge < -0.3 is 10.6 Å². The molecule has 1 amide bonds. The number of anilines is 1. The third-order valence-corrected chi connectivity index (χ3v) is 5.79. The van der Waals surface area contributed by atoms with Gasteiger partial charge in [-0.15, -0.1) is 0 Å². The number of benzene rings is 1. The first-order chi connectivity index (χ1) is 13.9. The molecule has 1 fully saturated rings. The van der Waals surface area contributed by atoms with E-state index in [0.29, 0.717) is 18.5 Å². The quantitative estimate of drug-likeness (QED) is 0.754. The molecule has 1 aliphatic carbocycles. The molecule has 154 valence electrons. The van der Waals surface area contributed by atoms with Crippen LogP contribution in [0.15, 0.2) is 42.5 Å². The molecule has 1 aliphatic heterocycles. The van der Waals surface area contributed by atoms with Crippen LogP contribution in [0.5, 0.6) is 0 Å². The van der Waals surface area contributed by atoms with Gasteiger partial charge in [-0.2, -0.15) is 0 Å². The number of pyridine rings is 1. The van der Waals surface area contributed by atoms with Gasteiger partial charge in [0.2, 0.25) is 5.91 Å². The second-order valence-electron chi connectivity index (χ2n) is 9.19. The maximum Gasteiger partial charge on any atom is 0.233 e. The largest absolute Gasteiger partial charge is 0.370 e. The molecule has 29 heavy (non-hydrogen) atoms. The molecule has 5 nitrogen and oxygen atoms in total. The number of aromatic nitrogens is 1. The normalized spacial score (nSPS) is 21.7. The van der Waals surface area contributed by atoms with Gasteiger partial charge in [-0.25, -0.2) is 4.98 Å². The lowest BCUT2D eigenvalue weighted by molar-refractivity contribution is -0.127. The summed E-state index contributed by atoms with van der Waals surface area (Å²) in [5.41, 5.74) is 2.69. The summed E-state index contributed by atoms with van der Waals surface area (Å²) in [5.74, 6) is 1.51. The zero-order valence-corrected chi connectivity index (χ0v) is 17.7. The highest BCUT2D eigenvalue weighted by Gasteiger charge is 2.45. The van der Waals surface area contributed by atoms with E-state index in [0.717, 1.165) is 49.6 Å². The van der Waals surface area contributed by atoms with Gasteiger partial charge in [0.1, 0.15) is 11.2 Å². The molecule has 2 N–H and O–H groups in total. The third kappa shape index (κ3) is 4.61. The fraction of sp³-hybridized carbons (Fsp3) is 0.500. The van der Waals surface area contributed by atoms with E-state index in [9.17, 15) is 4.79 Å². The minimum absolute atomic E-state index is 0.104. The predicted molar refractivity (Wildman–Crippen MR) is 117 cm³/mol. The molecule has 2 aromatic rings. The van der Waals surface area contributed by atoms with Crippen LogP contribution >= 0.6 is 0 Å². The molecule has 5 heteroatoms. The SMILES string of the molecule is CC(C)CNc1ccc2c(n1)C(C)(C(=O)NC1CC1)CN(Cc1ccccc1)C2. The third-order valence-electron chi connectivity index (χ3n) is 5.79. The van der Waals surface area contributed by atoms with Crippen molar-refractivity contribution in [2.75, 3.05) is 18.4 Å². The molecular formula is C24H32N4O.